The molecule has 1 fully saturated rings. The fourth-order valence-corrected chi connectivity index (χ4v) is 3.37. The number of fused-ring (bicyclic) bond motifs is 1. The van der Waals surface area contributed by atoms with E-state index in [0.717, 1.165) is 25.3 Å². The molecule has 2 heterocycles. The lowest BCUT2D eigenvalue weighted by molar-refractivity contribution is 0.238. The van der Waals surface area contributed by atoms with Gasteiger partial charge in [-0.2, -0.15) is 0 Å². The van der Waals surface area contributed by atoms with Crippen LogP contribution in [0, 0.1) is 5.92 Å². The maximum atomic E-state index is 5.72. The minimum absolute atomic E-state index is 0.459. The minimum atomic E-state index is 0.459. The van der Waals surface area contributed by atoms with Gasteiger partial charge in [0.25, 0.3) is 0 Å². The zero-order valence-corrected chi connectivity index (χ0v) is 12.5. The second-order valence-corrected chi connectivity index (χ2v) is 6.25. The number of nitrogens with one attached hydrogen (secondary N) is 1. The molecule has 2 unspecified atom stereocenters. The highest BCUT2D eigenvalue weighted by atomic mass is 16.5. The number of nitrogens with zero attached hydrogens (tertiary/aromatic N) is 1. The van der Waals surface area contributed by atoms with Crippen molar-refractivity contribution in [3.63, 3.8) is 0 Å². The molecule has 0 aromatic heterocycles. The van der Waals surface area contributed by atoms with Gasteiger partial charge in [-0.25, -0.2) is 0 Å². The molecular weight excluding hydrogens is 248 g/mol. The molecule has 3 heteroatoms. The summed E-state index contributed by atoms with van der Waals surface area (Å²) in [5.41, 5.74) is 1.33. The number of hydrogen-bond donors (Lipinski definition) is 1. The maximum absolute atomic E-state index is 5.72. The van der Waals surface area contributed by atoms with E-state index in [1.807, 2.05) is 0 Å². The van der Waals surface area contributed by atoms with Crippen LogP contribution in [-0.2, 0) is 0 Å². The molecule has 1 N–H and O–H groups in total. The number of hydrogen-bond acceptors (Lipinski definition) is 3. The average Bonchev–Trinajstić information content (AvgIpc) is 2.98. The zero-order chi connectivity index (χ0) is 13.8. The Labute approximate surface area is 122 Å². The van der Waals surface area contributed by atoms with Gasteiger partial charge in [-0.1, -0.05) is 25.1 Å². The van der Waals surface area contributed by atoms with E-state index in [9.17, 15) is 0 Å². The first kappa shape index (κ1) is 13.9. The third-order valence-corrected chi connectivity index (χ3v) is 4.44. The SMILES string of the molecule is CC(CNC1CCOc2ccccc21)CN1CCCC1. The fraction of sp³-hybridized carbons (Fsp3) is 0.647. The molecule has 0 saturated carbocycles. The summed E-state index contributed by atoms with van der Waals surface area (Å²) in [4.78, 5) is 2.60. The molecule has 1 aromatic rings. The van der Waals surface area contributed by atoms with Crippen molar-refractivity contribution in [2.75, 3.05) is 32.8 Å². The van der Waals surface area contributed by atoms with Crippen LogP contribution in [0.15, 0.2) is 24.3 Å². The Balaban J connectivity index is 1.51. The third kappa shape index (κ3) is 3.33. The summed E-state index contributed by atoms with van der Waals surface area (Å²) >= 11 is 0. The highest BCUT2D eigenvalue weighted by Gasteiger charge is 2.21. The molecule has 0 spiro atoms. The number of likely N-dealkylation sites (tertiary alicyclic amines) is 1. The normalized spacial score (nSPS) is 24.1. The van der Waals surface area contributed by atoms with Crippen LogP contribution in [0.25, 0.3) is 0 Å². The second-order valence-electron chi connectivity index (χ2n) is 6.25. The molecule has 0 amide bonds. The second kappa shape index (κ2) is 6.59. The van der Waals surface area contributed by atoms with E-state index in [1.54, 1.807) is 0 Å². The highest BCUT2D eigenvalue weighted by molar-refractivity contribution is 5.37. The van der Waals surface area contributed by atoms with E-state index >= 15 is 0 Å². The molecule has 0 bridgehead atoms. The van der Waals surface area contributed by atoms with Crippen molar-refractivity contribution in [1.82, 2.24) is 10.2 Å². The van der Waals surface area contributed by atoms with E-state index in [1.165, 1.54) is 38.0 Å². The molecule has 2 aliphatic rings. The van der Waals surface area contributed by atoms with Gasteiger partial charge in [-0.05, 0) is 44.5 Å². The largest absolute Gasteiger partial charge is 0.493 e. The van der Waals surface area contributed by atoms with Gasteiger partial charge in [0.05, 0.1) is 6.61 Å². The van der Waals surface area contributed by atoms with Crippen molar-refractivity contribution >= 4 is 0 Å². The first-order valence-electron chi connectivity index (χ1n) is 8.00. The van der Waals surface area contributed by atoms with Crippen molar-refractivity contribution in [3.05, 3.63) is 29.8 Å². The summed E-state index contributed by atoms with van der Waals surface area (Å²) in [5, 5.41) is 3.74. The van der Waals surface area contributed by atoms with Crippen LogP contribution in [0.3, 0.4) is 0 Å². The molecule has 2 atom stereocenters. The monoisotopic (exact) mass is 274 g/mol. The molecule has 0 radical (unpaired) electrons. The molecular formula is C17H26N2O. The van der Waals surface area contributed by atoms with Gasteiger partial charge in [0.2, 0.25) is 0 Å². The summed E-state index contributed by atoms with van der Waals surface area (Å²) in [7, 11) is 0. The van der Waals surface area contributed by atoms with Gasteiger partial charge in [0, 0.05) is 24.6 Å². The van der Waals surface area contributed by atoms with E-state index in [0.29, 0.717) is 12.0 Å². The zero-order valence-electron chi connectivity index (χ0n) is 12.5. The van der Waals surface area contributed by atoms with Gasteiger partial charge in [-0.15, -0.1) is 0 Å². The Morgan fingerprint density at radius 2 is 2.10 bits per heavy atom. The Morgan fingerprint density at radius 3 is 2.95 bits per heavy atom. The maximum Gasteiger partial charge on any atom is 0.124 e. The molecule has 20 heavy (non-hydrogen) atoms. The Morgan fingerprint density at radius 1 is 1.30 bits per heavy atom. The molecule has 2 aliphatic heterocycles. The first-order valence-corrected chi connectivity index (χ1v) is 8.00. The lowest BCUT2D eigenvalue weighted by Gasteiger charge is -2.28. The molecule has 3 nitrogen and oxygen atoms in total. The van der Waals surface area contributed by atoms with E-state index in [2.05, 4.69) is 41.4 Å². The van der Waals surface area contributed by atoms with Crippen LogP contribution in [0.1, 0.15) is 37.8 Å². The van der Waals surface area contributed by atoms with Crippen molar-refractivity contribution in [1.29, 1.82) is 0 Å². The Bertz CT molecular complexity index is 429. The van der Waals surface area contributed by atoms with Crippen LogP contribution in [0.2, 0.25) is 0 Å². The number of benzene rings is 1. The molecule has 1 aromatic carbocycles. The summed E-state index contributed by atoms with van der Waals surface area (Å²) in [5.74, 6) is 1.77. The standard InChI is InChI=1S/C17H26N2O/c1-14(13-19-9-4-5-10-19)12-18-16-8-11-20-17-7-3-2-6-15(16)17/h2-3,6-7,14,16,18H,4-5,8-13H2,1H3. The van der Waals surface area contributed by atoms with Crippen LogP contribution in [0.4, 0.5) is 0 Å². The summed E-state index contributed by atoms with van der Waals surface area (Å²) in [6.45, 7) is 8.11. The van der Waals surface area contributed by atoms with Gasteiger partial charge in [-0.3, -0.25) is 0 Å². The van der Waals surface area contributed by atoms with E-state index in [4.69, 9.17) is 4.74 Å². The Hall–Kier alpha value is -1.06. The van der Waals surface area contributed by atoms with Crippen molar-refractivity contribution in [2.45, 2.75) is 32.2 Å². The summed E-state index contributed by atoms with van der Waals surface area (Å²) < 4.78 is 5.72. The number of para-hydroxylation sites is 1. The first-order chi connectivity index (χ1) is 9.83. The van der Waals surface area contributed by atoms with E-state index < -0.39 is 0 Å². The topological polar surface area (TPSA) is 24.5 Å². The van der Waals surface area contributed by atoms with Crippen LogP contribution < -0.4 is 10.1 Å². The van der Waals surface area contributed by atoms with Crippen LogP contribution >= 0.6 is 0 Å². The van der Waals surface area contributed by atoms with Crippen molar-refractivity contribution in [3.8, 4) is 5.75 Å². The lowest BCUT2D eigenvalue weighted by atomic mass is 10.00. The van der Waals surface area contributed by atoms with Crippen molar-refractivity contribution in [2.24, 2.45) is 5.92 Å². The predicted molar refractivity (Wildman–Crippen MR) is 82.1 cm³/mol. The lowest BCUT2D eigenvalue weighted by Crippen LogP contribution is -2.35. The van der Waals surface area contributed by atoms with Crippen LogP contribution in [-0.4, -0.2) is 37.7 Å². The molecule has 110 valence electrons. The quantitative estimate of drug-likeness (QED) is 0.893. The molecule has 3 rings (SSSR count). The van der Waals surface area contributed by atoms with Crippen LogP contribution in [0.5, 0.6) is 5.75 Å². The molecule has 1 saturated heterocycles. The highest BCUT2D eigenvalue weighted by Crippen LogP contribution is 2.31. The minimum Gasteiger partial charge on any atom is -0.493 e. The Kier molecular flexibility index (Phi) is 4.58. The molecule has 0 aliphatic carbocycles. The summed E-state index contributed by atoms with van der Waals surface area (Å²) in [6, 6.07) is 8.89. The smallest absolute Gasteiger partial charge is 0.124 e. The van der Waals surface area contributed by atoms with Gasteiger partial charge in [0.15, 0.2) is 0 Å². The van der Waals surface area contributed by atoms with Gasteiger partial charge >= 0.3 is 0 Å². The third-order valence-electron chi connectivity index (χ3n) is 4.44. The van der Waals surface area contributed by atoms with Crippen molar-refractivity contribution < 1.29 is 4.74 Å². The fourth-order valence-electron chi connectivity index (χ4n) is 3.37. The summed E-state index contributed by atoms with van der Waals surface area (Å²) in [6.07, 6.45) is 3.84. The van der Waals surface area contributed by atoms with E-state index in [-0.39, 0.29) is 0 Å². The number of ether oxygens (including phenoxy) is 1. The predicted octanol–water partition coefficient (Wildman–Crippen LogP) is 2.83. The number of rotatable bonds is 5. The average molecular weight is 274 g/mol. The van der Waals surface area contributed by atoms with Gasteiger partial charge in [0.1, 0.15) is 5.75 Å². The van der Waals surface area contributed by atoms with Gasteiger partial charge < -0.3 is 15.0 Å².